The molecule has 0 aliphatic carbocycles. The highest BCUT2D eigenvalue weighted by Gasteiger charge is 2.39. The molecule has 0 saturated carbocycles. The number of nitrogens with zero attached hydrogens (tertiary/aromatic N) is 3. The minimum atomic E-state index is -0.794. The van der Waals surface area contributed by atoms with E-state index in [0.29, 0.717) is 10.8 Å². The third-order valence-electron chi connectivity index (χ3n) is 3.80. The standard InChI is InChI=1S/C17H17N3O4/c1-10-13(9-18-20(10)17(2,3)4)16(23)24-19-14(21)11-7-5-6-8-12(11)15(19)22/h5-9H,1-4H3. The van der Waals surface area contributed by atoms with Gasteiger partial charge in [0.25, 0.3) is 11.8 Å². The maximum Gasteiger partial charge on any atom is 0.367 e. The van der Waals surface area contributed by atoms with Crippen LogP contribution < -0.4 is 0 Å². The molecule has 0 unspecified atom stereocenters. The Kier molecular flexibility index (Phi) is 3.51. The highest BCUT2D eigenvalue weighted by molar-refractivity contribution is 6.21. The monoisotopic (exact) mass is 327 g/mol. The van der Waals surface area contributed by atoms with Crippen molar-refractivity contribution in [1.82, 2.24) is 14.8 Å². The van der Waals surface area contributed by atoms with Crippen LogP contribution in [0.3, 0.4) is 0 Å². The van der Waals surface area contributed by atoms with Gasteiger partial charge >= 0.3 is 5.97 Å². The molecule has 7 heteroatoms. The number of benzene rings is 1. The minimum absolute atomic E-state index is 0.210. The van der Waals surface area contributed by atoms with Gasteiger partial charge in [-0.15, -0.1) is 0 Å². The number of hydroxylamine groups is 2. The van der Waals surface area contributed by atoms with Gasteiger partial charge in [-0.1, -0.05) is 17.2 Å². The number of fused-ring (bicyclic) bond motifs is 1. The molecule has 0 bridgehead atoms. The Hall–Kier alpha value is -2.96. The summed E-state index contributed by atoms with van der Waals surface area (Å²) in [6.45, 7) is 7.59. The van der Waals surface area contributed by atoms with Crippen LogP contribution in [0.4, 0.5) is 0 Å². The number of hydrogen-bond acceptors (Lipinski definition) is 5. The van der Waals surface area contributed by atoms with Gasteiger partial charge in [0, 0.05) is 0 Å². The second-order valence-corrected chi connectivity index (χ2v) is 6.56. The van der Waals surface area contributed by atoms with Gasteiger partial charge in [0.1, 0.15) is 5.56 Å². The zero-order chi connectivity index (χ0) is 17.6. The number of carbonyl (C=O) groups excluding carboxylic acids is 3. The predicted octanol–water partition coefficient (Wildman–Crippen LogP) is 2.31. The van der Waals surface area contributed by atoms with Gasteiger partial charge in [-0.2, -0.15) is 5.10 Å². The van der Waals surface area contributed by atoms with Crippen molar-refractivity contribution in [3.05, 3.63) is 52.8 Å². The van der Waals surface area contributed by atoms with Crippen LogP contribution in [0.15, 0.2) is 30.5 Å². The lowest BCUT2D eigenvalue weighted by atomic mass is 10.1. The first-order chi connectivity index (χ1) is 11.2. The summed E-state index contributed by atoms with van der Waals surface area (Å²) >= 11 is 0. The number of rotatable bonds is 2. The van der Waals surface area contributed by atoms with E-state index in [1.807, 2.05) is 20.8 Å². The summed E-state index contributed by atoms with van der Waals surface area (Å²) in [5, 5.41) is 4.69. The molecule has 3 rings (SSSR count). The number of hydrogen-bond donors (Lipinski definition) is 0. The van der Waals surface area contributed by atoms with Crippen molar-refractivity contribution in [1.29, 1.82) is 0 Å². The number of amides is 2. The van der Waals surface area contributed by atoms with Gasteiger partial charge in [0.05, 0.1) is 28.6 Å². The lowest BCUT2D eigenvalue weighted by Gasteiger charge is -2.21. The minimum Gasteiger partial charge on any atom is -0.324 e. The van der Waals surface area contributed by atoms with Crippen molar-refractivity contribution in [2.24, 2.45) is 0 Å². The summed E-state index contributed by atoms with van der Waals surface area (Å²) in [6.07, 6.45) is 1.38. The number of imide groups is 1. The second-order valence-electron chi connectivity index (χ2n) is 6.56. The van der Waals surface area contributed by atoms with Gasteiger partial charge in [-0.25, -0.2) is 4.79 Å². The molecule has 2 heterocycles. The van der Waals surface area contributed by atoms with E-state index >= 15 is 0 Å². The predicted molar refractivity (Wildman–Crippen MR) is 84.3 cm³/mol. The topological polar surface area (TPSA) is 81.5 Å². The Morgan fingerprint density at radius 2 is 1.62 bits per heavy atom. The molecule has 124 valence electrons. The molecule has 7 nitrogen and oxygen atoms in total. The summed E-state index contributed by atoms with van der Waals surface area (Å²) in [5.41, 5.74) is 0.943. The molecule has 0 fully saturated rings. The van der Waals surface area contributed by atoms with E-state index in [2.05, 4.69) is 5.10 Å². The van der Waals surface area contributed by atoms with E-state index in [-0.39, 0.29) is 22.2 Å². The second kappa shape index (κ2) is 5.30. The third-order valence-corrected chi connectivity index (χ3v) is 3.80. The van der Waals surface area contributed by atoms with E-state index in [1.165, 1.54) is 18.3 Å². The Labute approximate surface area is 138 Å². The van der Waals surface area contributed by atoms with Gasteiger partial charge in [-0.05, 0) is 39.8 Å². The van der Waals surface area contributed by atoms with Crippen LogP contribution in [0, 0.1) is 6.92 Å². The van der Waals surface area contributed by atoms with Gasteiger partial charge < -0.3 is 4.84 Å². The highest BCUT2D eigenvalue weighted by atomic mass is 16.7. The Morgan fingerprint density at radius 1 is 1.08 bits per heavy atom. The van der Waals surface area contributed by atoms with E-state index in [1.54, 1.807) is 23.7 Å². The van der Waals surface area contributed by atoms with Crippen LogP contribution >= 0.6 is 0 Å². The summed E-state index contributed by atoms with van der Waals surface area (Å²) < 4.78 is 1.69. The quantitative estimate of drug-likeness (QED) is 0.791. The molecular weight excluding hydrogens is 310 g/mol. The summed E-state index contributed by atoms with van der Waals surface area (Å²) in [5.74, 6) is -2.09. The van der Waals surface area contributed by atoms with E-state index in [4.69, 9.17) is 4.84 Å². The molecule has 0 N–H and O–H groups in total. The smallest absolute Gasteiger partial charge is 0.324 e. The molecule has 0 spiro atoms. The Balaban J connectivity index is 1.86. The fraction of sp³-hybridized carbons (Fsp3) is 0.294. The molecule has 1 aromatic carbocycles. The lowest BCUT2D eigenvalue weighted by molar-refractivity contribution is -0.0585. The average Bonchev–Trinajstić information content (AvgIpc) is 3.02. The van der Waals surface area contributed by atoms with Crippen LogP contribution in [0.1, 0.15) is 57.5 Å². The molecule has 1 aliphatic heterocycles. The van der Waals surface area contributed by atoms with Crippen LogP contribution in [-0.4, -0.2) is 32.6 Å². The summed E-state index contributed by atoms with van der Waals surface area (Å²) in [7, 11) is 0. The third kappa shape index (κ3) is 2.38. The molecule has 1 aliphatic rings. The average molecular weight is 327 g/mol. The van der Waals surface area contributed by atoms with Crippen molar-refractivity contribution in [3.63, 3.8) is 0 Å². The number of aromatic nitrogens is 2. The molecule has 2 aromatic rings. The molecular formula is C17H17N3O4. The van der Waals surface area contributed by atoms with Crippen molar-refractivity contribution < 1.29 is 19.2 Å². The number of carbonyl (C=O) groups is 3. The molecule has 2 amide bonds. The normalized spacial score (nSPS) is 14.1. The fourth-order valence-electron chi connectivity index (χ4n) is 2.67. The van der Waals surface area contributed by atoms with Crippen LogP contribution in [-0.2, 0) is 10.4 Å². The first kappa shape index (κ1) is 15.9. The van der Waals surface area contributed by atoms with Crippen molar-refractivity contribution in [2.75, 3.05) is 0 Å². The van der Waals surface area contributed by atoms with Crippen molar-refractivity contribution in [3.8, 4) is 0 Å². The molecule has 0 saturated heterocycles. The Bertz CT molecular complexity index is 826. The van der Waals surface area contributed by atoms with E-state index < -0.39 is 17.8 Å². The Morgan fingerprint density at radius 3 is 2.08 bits per heavy atom. The summed E-state index contributed by atoms with van der Waals surface area (Å²) in [4.78, 5) is 41.9. The van der Waals surface area contributed by atoms with Crippen molar-refractivity contribution >= 4 is 17.8 Å². The van der Waals surface area contributed by atoms with Crippen LogP contribution in [0.2, 0.25) is 0 Å². The van der Waals surface area contributed by atoms with Crippen LogP contribution in [0.5, 0.6) is 0 Å². The zero-order valence-corrected chi connectivity index (χ0v) is 13.9. The molecule has 24 heavy (non-hydrogen) atoms. The fourth-order valence-corrected chi connectivity index (χ4v) is 2.67. The maximum atomic E-state index is 12.4. The molecule has 0 atom stereocenters. The first-order valence-corrected chi connectivity index (χ1v) is 7.47. The van der Waals surface area contributed by atoms with E-state index in [0.717, 1.165) is 0 Å². The maximum absolute atomic E-state index is 12.4. The van der Waals surface area contributed by atoms with Gasteiger partial charge in [0.2, 0.25) is 0 Å². The van der Waals surface area contributed by atoms with Crippen molar-refractivity contribution in [2.45, 2.75) is 33.2 Å². The van der Waals surface area contributed by atoms with Gasteiger partial charge in [0.15, 0.2) is 0 Å². The van der Waals surface area contributed by atoms with E-state index in [9.17, 15) is 14.4 Å². The van der Waals surface area contributed by atoms with Gasteiger partial charge in [-0.3, -0.25) is 14.3 Å². The summed E-state index contributed by atoms with van der Waals surface area (Å²) in [6, 6.07) is 6.33. The SMILES string of the molecule is Cc1c(C(=O)ON2C(=O)c3ccccc3C2=O)cnn1C(C)(C)C. The largest absolute Gasteiger partial charge is 0.367 e. The van der Waals surface area contributed by atoms with Crippen LogP contribution in [0.25, 0.3) is 0 Å². The lowest BCUT2D eigenvalue weighted by Crippen LogP contribution is -2.33. The molecule has 0 radical (unpaired) electrons. The molecule has 1 aromatic heterocycles. The first-order valence-electron chi connectivity index (χ1n) is 7.47. The highest BCUT2D eigenvalue weighted by Crippen LogP contribution is 2.24. The zero-order valence-electron chi connectivity index (χ0n) is 13.9.